The third-order valence-electron chi connectivity index (χ3n) is 3.34. The van der Waals surface area contributed by atoms with Gasteiger partial charge in [0.2, 0.25) is 0 Å². The van der Waals surface area contributed by atoms with Crippen LogP contribution >= 0.6 is 0 Å². The lowest BCUT2D eigenvalue weighted by Crippen LogP contribution is -2.53. The second-order valence-electron chi connectivity index (χ2n) is 4.17. The molecule has 2 fully saturated rings. The Labute approximate surface area is 80.2 Å². The minimum Gasteiger partial charge on any atom is -0.381 e. The van der Waals surface area contributed by atoms with Crippen LogP contribution in [0.1, 0.15) is 19.3 Å². The summed E-state index contributed by atoms with van der Waals surface area (Å²) < 4.78 is 5.50. The van der Waals surface area contributed by atoms with Crippen molar-refractivity contribution in [2.24, 2.45) is 11.7 Å². The molecule has 2 aliphatic rings. The average molecular weight is 184 g/mol. The van der Waals surface area contributed by atoms with Crippen molar-refractivity contribution < 1.29 is 4.74 Å². The Hall–Kier alpha value is -0.120. The summed E-state index contributed by atoms with van der Waals surface area (Å²) >= 11 is 0. The minimum absolute atomic E-state index is 0.592. The van der Waals surface area contributed by atoms with Gasteiger partial charge in [0.15, 0.2) is 0 Å². The fourth-order valence-corrected chi connectivity index (χ4v) is 2.38. The molecule has 2 N–H and O–H groups in total. The van der Waals surface area contributed by atoms with Crippen LogP contribution in [0.3, 0.4) is 0 Å². The van der Waals surface area contributed by atoms with Crippen molar-refractivity contribution in [2.75, 3.05) is 32.8 Å². The van der Waals surface area contributed by atoms with Gasteiger partial charge in [-0.05, 0) is 38.3 Å². The van der Waals surface area contributed by atoms with E-state index in [2.05, 4.69) is 4.90 Å². The maximum Gasteiger partial charge on any atom is 0.0509 e. The molecule has 0 aromatic heterocycles. The molecular weight excluding hydrogens is 164 g/mol. The minimum atomic E-state index is 0.592. The molecule has 3 nitrogen and oxygen atoms in total. The Morgan fingerprint density at radius 2 is 2.23 bits per heavy atom. The van der Waals surface area contributed by atoms with E-state index in [1.165, 1.54) is 32.4 Å². The van der Waals surface area contributed by atoms with Gasteiger partial charge < -0.3 is 10.5 Å². The van der Waals surface area contributed by atoms with Gasteiger partial charge in [-0.15, -0.1) is 0 Å². The van der Waals surface area contributed by atoms with Gasteiger partial charge in [0.05, 0.1) is 6.61 Å². The summed E-state index contributed by atoms with van der Waals surface area (Å²) in [5.74, 6) is 0.694. The predicted molar refractivity (Wildman–Crippen MR) is 52.6 cm³/mol. The molecule has 2 heterocycles. The zero-order valence-corrected chi connectivity index (χ0v) is 8.24. The normalized spacial score (nSPS) is 32.5. The van der Waals surface area contributed by atoms with Crippen molar-refractivity contribution in [1.82, 2.24) is 4.90 Å². The van der Waals surface area contributed by atoms with E-state index in [1.807, 2.05) is 0 Å². The second kappa shape index (κ2) is 4.40. The molecule has 0 spiro atoms. The molecule has 0 amide bonds. The van der Waals surface area contributed by atoms with E-state index in [4.69, 9.17) is 10.5 Å². The summed E-state index contributed by atoms with van der Waals surface area (Å²) in [6, 6.07) is 0.592. The molecule has 2 unspecified atom stereocenters. The van der Waals surface area contributed by atoms with E-state index in [0.717, 1.165) is 19.8 Å². The van der Waals surface area contributed by atoms with Crippen molar-refractivity contribution in [3.63, 3.8) is 0 Å². The third kappa shape index (κ3) is 2.03. The second-order valence-corrected chi connectivity index (χ2v) is 4.17. The molecular formula is C10H20N2O. The molecule has 76 valence electrons. The molecule has 0 aromatic rings. The van der Waals surface area contributed by atoms with Gasteiger partial charge in [0.25, 0.3) is 0 Å². The Balaban J connectivity index is 1.86. The first-order valence-electron chi connectivity index (χ1n) is 5.43. The highest BCUT2D eigenvalue weighted by atomic mass is 16.5. The molecule has 0 aliphatic carbocycles. The Morgan fingerprint density at radius 1 is 1.38 bits per heavy atom. The number of likely N-dealkylation sites (tertiary alicyclic amines) is 1. The Bertz CT molecular complexity index is 153. The van der Waals surface area contributed by atoms with Crippen LogP contribution in [0, 0.1) is 5.92 Å². The number of nitrogens with two attached hydrogens (primary N) is 1. The summed E-state index contributed by atoms with van der Waals surface area (Å²) in [6.07, 6.45) is 3.87. The summed E-state index contributed by atoms with van der Waals surface area (Å²) in [5, 5.41) is 0. The first-order valence-corrected chi connectivity index (χ1v) is 5.43. The lowest BCUT2D eigenvalue weighted by Gasteiger charge is -2.42. The molecule has 0 aromatic carbocycles. The highest BCUT2D eigenvalue weighted by Gasteiger charge is 2.30. The van der Waals surface area contributed by atoms with Gasteiger partial charge in [-0.1, -0.05) is 0 Å². The number of hydrogen-bond acceptors (Lipinski definition) is 3. The summed E-state index contributed by atoms with van der Waals surface area (Å²) in [6.45, 7) is 5.18. The first-order chi connectivity index (χ1) is 6.42. The van der Waals surface area contributed by atoms with E-state index < -0.39 is 0 Å². The van der Waals surface area contributed by atoms with Gasteiger partial charge >= 0.3 is 0 Å². The molecule has 2 atom stereocenters. The molecule has 3 heteroatoms. The zero-order valence-electron chi connectivity index (χ0n) is 8.24. The maximum atomic E-state index is 5.82. The largest absolute Gasteiger partial charge is 0.381 e. The van der Waals surface area contributed by atoms with E-state index in [9.17, 15) is 0 Å². The molecule has 2 rings (SSSR count). The van der Waals surface area contributed by atoms with Gasteiger partial charge in [-0.3, -0.25) is 4.90 Å². The summed E-state index contributed by atoms with van der Waals surface area (Å²) in [4.78, 5) is 2.51. The lowest BCUT2D eigenvalue weighted by molar-refractivity contribution is -0.00576. The van der Waals surface area contributed by atoms with Gasteiger partial charge in [0, 0.05) is 19.2 Å². The monoisotopic (exact) mass is 184 g/mol. The standard InChI is InChI=1S/C10H20N2O/c11-7-10(12-4-2-5-12)9-3-1-6-13-8-9/h9-10H,1-8,11H2. The highest BCUT2D eigenvalue weighted by Crippen LogP contribution is 2.24. The van der Waals surface area contributed by atoms with Crippen LogP contribution in [0.25, 0.3) is 0 Å². The molecule has 0 radical (unpaired) electrons. The zero-order chi connectivity index (χ0) is 9.10. The third-order valence-corrected chi connectivity index (χ3v) is 3.34. The van der Waals surface area contributed by atoms with Crippen molar-refractivity contribution in [1.29, 1.82) is 0 Å². The van der Waals surface area contributed by atoms with Crippen LogP contribution in [-0.4, -0.2) is 43.8 Å². The van der Waals surface area contributed by atoms with Crippen molar-refractivity contribution in [3.05, 3.63) is 0 Å². The van der Waals surface area contributed by atoms with E-state index in [0.29, 0.717) is 12.0 Å². The predicted octanol–water partition coefficient (Wildman–Crippen LogP) is 0.446. The smallest absolute Gasteiger partial charge is 0.0509 e. The van der Waals surface area contributed by atoms with E-state index in [-0.39, 0.29) is 0 Å². The van der Waals surface area contributed by atoms with Crippen LogP contribution in [0.2, 0.25) is 0 Å². The quantitative estimate of drug-likeness (QED) is 0.692. The van der Waals surface area contributed by atoms with Crippen molar-refractivity contribution >= 4 is 0 Å². The van der Waals surface area contributed by atoms with E-state index >= 15 is 0 Å². The van der Waals surface area contributed by atoms with Gasteiger partial charge in [0.1, 0.15) is 0 Å². The average Bonchev–Trinajstić information content (AvgIpc) is 2.12. The summed E-state index contributed by atoms with van der Waals surface area (Å²) in [5.41, 5.74) is 5.82. The SMILES string of the molecule is NCC(C1CCCOC1)N1CCC1. The number of hydrogen-bond donors (Lipinski definition) is 1. The molecule has 0 saturated carbocycles. The molecule has 0 bridgehead atoms. The highest BCUT2D eigenvalue weighted by molar-refractivity contribution is 4.85. The Kier molecular flexibility index (Phi) is 3.19. The molecule has 13 heavy (non-hydrogen) atoms. The van der Waals surface area contributed by atoms with Gasteiger partial charge in [-0.25, -0.2) is 0 Å². The van der Waals surface area contributed by atoms with Crippen LogP contribution < -0.4 is 5.73 Å². The number of nitrogens with zero attached hydrogens (tertiary/aromatic N) is 1. The fourth-order valence-electron chi connectivity index (χ4n) is 2.38. The molecule has 2 aliphatic heterocycles. The maximum absolute atomic E-state index is 5.82. The van der Waals surface area contributed by atoms with Crippen molar-refractivity contribution in [2.45, 2.75) is 25.3 Å². The number of rotatable bonds is 3. The number of ether oxygens (including phenoxy) is 1. The van der Waals surface area contributed by atoms with Crippen LogP contribution in [0.15, 0.2) is 0 Å². The first kappa shape index (κ1) is 9.44. The fraction of sp³-hybridized carbons (Fsp3) is 1.00. The Morgan fingerprint density at radius 3 is 2.69 bits per heavy atom. The molecule has 2 saturated heterocycles. The van der Waals surface area contributed by atoms with Gasteiger partial charge in [-0.2, -0.15) is 0 Å². The lowest BCUT2D eigenvalue weighted by atomic mass is 9.91. The van der Waals surface area contributed by atoms with Crippen molar-refractivity contribution in [3.8, 4) is 0 Å². The topological polar surface area (TPSA) is 38.5 Å². The van der Waals surface area contributed by atoms with Crippen LogP contribution in [0.4, 0.5) is 0 Å². The van der Waals surface area contributed by atoms with Crippen LogP contribution in [0.5, 0.6) is 0 Å². The van der Waals surface area contributed by atoms with E-state index in [1.54, 1.807) is 0 Å². The summed E-state index contributed by atoms with van der Waals surface area (Å²) in [7, 11) is 0. The van der Waals surface area contributed by atoms with Crippen LogP contribution in [-0.2, 0) is 4.74 Å².